The van der Waals surface area contributed by atoms with Crippen molar-refractivity contribution in [3.05, 3.63) is 0 Å². The van der Waals surface area contributed by atoms with Crippen molar-refractivity contribution in [3.8, 4) is 0 Å². The Morgan fingerprint density at radius 1 is 1.23 bits per heavy atom. The van der Waals surface area contributed by atoms with Crippen LogP contribution in [0.5, 0.6) is 0 Å². The maximum absolute atomic E-state index is 3.58. The Labute approximate surface area is 81.7 Å². The Kier molecular flexibility index (Phi) is 3.23. The Hall–Kier alpha value is -0.0800. The summed E-state index contributed by atoms with van der Waals surface area (Å²) in [5.74, 6) is 0. The van der Waals surface area contributed by atoms with Crippen molar-refractivity contribution in [1.82, 2.24) is 10.2 Å². The normalized spacial score (nSPS) is 32.5. The fourth-order valence-electron chi connectivity index (χ4n) is 2.66. The molecule has 0 radical (unpaired) electrons. The summed E-state index contributed by atoms with van der Waals surface area (Å²) in [6.07, 6.45) is 8.55. The van der Waals surface area contributed by atoms with Gasteiger partial charge < -0.3 is 5.32 Å². The first kappa shape index (κ1) is 9.47. The lowest BCUT2D eigenvalue weighted by atomic mass is 9.94. The molecular formula is C11H22N2. The maximum Gasteiger partial charge on any atom is 0.0486 e. The third-order valence-electron chi connectivity index (χ3n) is 3.62. The minimum atomic E-state index is 0.766. The van der Waals surface area contributed by atoms with E-state index >= 15 is 0 Å². The molecule has 2 heteroatoms. The molecule has 1 saturated heterocycles. The topological polar surface area (TPSA) is 15.3 Å². The molecule has 0 spiro atoms. The van der Waals surface area contributed by atoms with Crippen LogP contribution < -0.4 is 5.32 Å². The number of nitrogens with one attached hydrogen (secondary N) is 1. The molecule has 0 amide bonds. The van der Waals surface area contributed by atoms with Gasteiger partial charge in [0.15, 0.2) is 0 Å². The van der Waals surface area contributed by atoms with Crippen molar-refractivity contribution in [2.75, 3.05) is 13.2 Å². The predicted octanol–water partition coefficient (Wildman–Crippen LogP) is 1.96. The smallest absolute Gasteiger partial charge is 0.0486 e. The van der Waals surface area contributed by atoms with E-state index in [2.05, 4.69) is 17.1 Å². The summed E-state index contributed by atoms with van der Waals surface area (Å²) in [6.45, 7) is 4.71. The van der Waals surface area contributed by atoms with Gasteiger partial charge in [-0.25, -0.2) is 0 Å². The predicted molar refractivity (Wildman–Crippen MR) is 55.7 cm³/mol. The summed E-state index contributed by atoms with van der Waals surface area (Å²) in [5, 5.41) is 3.58. The molecule has 2 fully saturated rings. The molecule has 2 nitrogen and oxygen atoms in total. The van der Waals surface area contributed by atoms with Gasteiger partial charge in [-0.15, -0.1) is 0 Å². The zero-order valence-corrected chi connectivity index (χ0v) is 8.76. The van der Waals surface area contributed by atoms with Crippen molar-refractivity contribution >= 4 is 0 Å². The van der Waals surface area contributed by atoms with Gasteiger partial charge in [0.05, 0.1) is 0 Å². The molecule has 1 heterocycles. The molecule has 2 rings (SSSR count). The summed E-state index contributed by atoms with van der Waals surface area (Å²) in [6, 6.07) is 1.67. The van der Waals surface area contributed by atoms with Gasteiger partial charge in [-0.3, -0.25) is 4.90 Å². The molecule has 0 bridgehead atoms. The largest absolute Gasteiger partial charge is 0.300 e. The van der Waals surface area contributed by atoms with Crippen molar-refractivity contribution < 1.29 is 0 Å². The molecular weight excluding hydrogens is 160 g/mol. The number of nitrogens with zero attached hydrogens (tertiary/aromatic N) is 1. The van der Waals surface area contributed by atoms with Crippen LogP contribution in [-0.4, -0.2) is 30.2 Å². The van der Waals surface area contributed by atoms with E-state index in [1.807, 2.05) is 0 Å². The van der Waals surface area contributed by atoms with Gasteiger partial charge in [0, 0.05) is 25.3 Å². The summed E-state index contributed by atoms with van der Waals surface area (Å²) in [5.41, 5.74) is 0. The minimum absolute atomic E-state index is 0.766. The van der Waals surface area contributed by atoms with Crippen LogP contribution in [0.25, 0.3) is 0 Å². The molecule has 0 aromatic heterocycles. The van der Waals surface area contributed by atoms with Crippen LogP contribution in [0.4, 0.5) is 0 Å². The molecule has 1 N–H and O–H groups in total. The van der Waals surface area contributed by atoms with Gasteiger partial charge >= 0.3 is 0 Å². The molecule has 0 aromatic rings. The highest BCUT2D eigenvalue weighted by molar-refractivity contribution is 4.84. The summed E-state index contributed by atoms with van der Waals surface area (Å²) < 4.78 is 0. The van der Waals surface area contributed by atoms with E-state index in [4.69, 9.17) is 0 Å². The third-order valence-corrected chi connectivity index (χ3v) is 3.62. The SMILES string of the molecule is CCC1CN(C2CCCCC2)CN1. The fourth-order valence-corrected chi connectivity index (χ4v) is 2.66. The lowest BCUT2D eigenvalue weighted by Crippen LogP contribution is -2.35. The Morgan fingerprint density at radius 2 is 2.00 bits per heavy atom. The lowest BCUT2D eigenvalue weighted by molar-refractivity contribution is 0.187. The zero-order valence-electron chi connectivity index (χ0n) is 8.76. The molecule has 0 aromatic carbocycles. The van der Waals surface area contributed by atoms with Gasteiger partial charge in [-0.1, -0.05) is 26.2 Å². The molecule has 1 aliphatic heterocycles. The summed E-state index contributed by atoms with van der Waals surface area (Å²) >= 11 is 0. The Balaban J connectivity index is 1.80. The Bertz CT molecular complexity index is 152. The first-order valence-corrected chi connectivity index (χ1v) is 5.87. The number of rotatable bonds is 2. The summed E-state index contributed by atoms with van der Waals surface area (Å²) in [4.78, 5) is 2.66. The van der Waals surface area contributed by atoms with E-state index < -0.39 is 0 Å². The van der Waals surface area contributed by atoms with E-state index in [1.165, 1.54) is 45.1 Å². The summed E-state index contributed by atoms with van der Waals surface area (Å²) in [7, 11) is 0. The van der Waals surface area contributed by atoms with Crippen LogP contribution in [0.1, 0.15) is 45.4 Å². The molecule has 1 saturated carbocycles. The van der Waals surface area contributed by atoms with Crippen LogP contribution in [0, 0.1) is 0 Å². The highest BCUT2D eigenvalue weighted by Crippen LogP contribution is 2.23. The van der Waals surface area contributed by atoms with E-state index in [-0.39, 0.29) is 0 Å². The van der Waals surface area contributed by atoms with Gasteiger partial charge in [0.25, 0.3) is 0 Å². The van der Waals surface area contributed by atoms with Crippen molar-refractivity contribution in [2.45, 2.75) is 57.5 Å². The standard InChI is InChI=1S/C11H22N2/c1-2-10-8-13(9-12-10)11-6-4-3-5-7-11/h10-12H,2-9H2,1H3. The van der Waals surface area contributed by atoms with Gasteiger partial charge in [0.1, 0.15) is 0 Å². The van der Waals surface area contributed by atoms with Gasteiger partial charge in [-0.2, -0.15) is 0 Å². The zero-order chi connectivity index (χ0) is 9.10. The molecule has 1 unspecified atom stereocenters. The van der Waals surface area contributed by atoms with Gasteiger partial charge in [-0.05, 0) is 19.3 Å². The first-order valence-electron chi connectivity index (χ1n) is 5.87. The maximum atomic E-state index is 3.58. The van der Waals surface area contributed by atoms with E-state index in [0.29, 0.717) is 0 Å². The van der Waals surface area contributed by atoms with E-state index in [0.717, 1.165) is 18.8 Å². The van der Waals surface area contributed by atoms with Crippen molar-refractivity contribution in [2.24, 2.45) is 0 Å². The minimum Gasteiger partial charge on any atom is -0.300 e. The van der Waals surface area contributed by atoms with Gasteiger partial charge in [0.2, 0.25) is 0 Å². The van der Waals surface area contributed by atoms with Crippen molar-refractivity contribution in [1.29, 1.82) is 0 Å². The number of hydrogen-bond acceptors (Lipinski definition) is 2. The highest BCUT2D eigenvalue weighted by Gasteiger charge is 2.27. The van der Waals surface area contributed by atoms with Crippen LogP contribution in [0.15, 0.2) is 0 Å². The fraction of sp³-hybridized carbons (Fsp3) is 1.00. The average Bonchev–Trinajstić information content (AvgIpc) is 2.67. The second-order valence-corrected chi connectivity index (χ2v) is 4.53. The quantitative estimate of drug-likeness (QED) is 0.702. The van der Waals surface area contributed by atoms with Crippen LogP contribution in [0.2, 0.25) is 0 Å². The average molecular weight is 182 g/mol. The molecule has 1 atom stereocenters. The second kappa shape index (κ2) is 4.43. The van der Waals surface area contributed by atoms with Crippen LogP contribution in [-0.2, 0) is 0 Å². The number of hydrogen-bond donors (Lipinski definition) is 1. The Morgan fingerprint density at radius 3 is 2.62 bits per heavy atom. The second-order valence-electron chi connectivity index (χ2n) is 4.53. The molecule has 2 aliphatic rings. The lowest BCUT2D eigenvalue weighted by Gasteiger charge is -2.30. The third kappa shape index (κ3) is 2.23. The van der Waals surface area contributed by atoms with E-state index in [9.17, 15) is 0 Å². The highest BCUT2D eigenvalue weighted by atomic mass is 15.3. The van der Waals surface area contributed by atoms with Crippen LogP contribution >= 0.6 is 0 Å². The molecule has 1 aliphatic carbocycles. The molecule has 76 valence electrons. The van der Waals surface area contributed by atoms with Crippen LogP contribution in [0.3, 0.4) is 0 Å². The molecule has 13 heavy (non-hydrogen) atoms. The monoisotopic (exact) mass is 182 g/mol. The van der Waals surface area contributed by atoms with E-state index in [1.54, 1.807) is 0 Å². The first-order chi connectivity index (χ1) is 6.40. The van der Waals surface area contributed by atoms with Crippen molar-refractivity contribution in [3.63, 3.8) is 0 Å².